The molecule has 0 saturated carbocycles. The lowest BCUT2D eigenvalue weighted by Gasteiger charge is -2.35. The topological polar surface area (TPSA) is 3.24 Å². The van der Waals surface area contributed by atoms with Crippen LogP contribution in [0.25, 0.3) is 77.9 Å². The number of para-hydroxylation sites is 2. The molecule has 10 aromatic rings. The van der Waals surface area contributed by atoms with Crippen molar-refractivity contribution in [2.45, 2.75) is 203 Å². The van der Waals surface area contributed by atoms with Gasteiger partial charge in [-0.25, -0.2) is 0 Å². The molecule has 0 radical (unpaired) electrons. The van der Waals surface area contributed by atoms with Crippen LogP contribution in [0.1, 0.15) is 224 Å². The first-order valence-corrected chi connectivity index (χ1v) is 38.1. The third-order valence-electron chi connectivity index (χ3n) is 24.1. The Morgan fingerprint density at radius 2 is 0.480 bits per heavy atom. The van der Waals surface area contributed by atoms with Crippen molar-refractivity contribution in [2.24, 2.45) is 35.5 Å². The number of benzene rings is 10. The second kappa shape index (κ2) is 26.6. The van der Waals surface area contributed by atoms with Gasteiger partial charge in [-0.3, -0.25) is 0 Å². The van der Waals surface area contributed by atoms with Crippen molar-refractivity contribution in [3.63, 3.8) is 0 Å². The molecule has 0 aromatic heterocycles. The summed E-state index contributed by atoms with van der Waals surface area (Å²) in [5.41, 5.74) is 35.9. The van der Waals surface area contributed by atoms with Gasteiger partial charge in [0.15, 0.2) is 0 Å². The van der Waals surface area contributed by atoms with Crippen molar-refractivity contribution in [2.75, 3.05) is 4.90 Å². The zero-order valence-electron chi connectivity index (χ0n) is 62.0. The molecule has 0 N–H and O–H groups in total. The Morgan fingerprint density at radius 3 is 0.765 bits per heavy atom. The third kappa shape index (κ3) is 12.0. The molecular formula is C97H109N. The van der Waals surface area contributed by atoms with Gasteiger partial charge in [-0.05, 0) is 315 Å². The first-order chi connectivity index (χ1) is 47.1. The van der Waals surface area contributed by atoms with Gasteiger partial charge in [0.2, 0.25) is 0 Å². The minimum absolute atomic E-state index is 0.0171. The molecule has 98 heavy (non-hydrogen) atoms. The summed E-state index contributed by atoms with van der Waals surface area (Å²) in [7, 11) is 0. The maximum absolute atomic E-state index is 2.68. The Hall–Kier alpha value is -8.00. The van der Waals surface area contributed by atoms with Gasteiger partial charge in [-0.2, -0.15) is 0 Å². The van der Waals surface area contributed by atoms with Crippen molar-refractivity contribution in [3.8, 4) is 77.9 Å². The van der Waals surface area contributed by atoms with Crippen molar-refractivity contribution in [3.05, 3.63) is 256 Å². The fourth-order valence-electron chi connectivity index (χ4n) is 18.3. The average Bonchev–Trinajstić information content (AvgIpc) is 1.57. The third-order valence-corrected chi connectivity index (χ3v) is 24.1. The molecule has 0 saturated heterocycles. The van der Waals surface area contributed by atoms with Gasteiger partial charge in [-0.1, -0.05) is 236 Å². The summed E-state index contributed by atoms with van der Waals surface area (Å²) in [6, 6.07) is 82.1. The molecule has 0 spiro atoms. The minimum atomic E-state index is -0.182. The predicted octanol–water partition coefficient (Wildman–Crippen LogP) is 28.2. The van der Waals surface area contributed by atoms with E-state index in [9.17, 15) is 0 Å². The predicted molar refractivity (Wildman–Crippen MR) is 423 cm³/mol. The molecule has 0 unspecified atom stereocenters. The van der Waals surface area contributed by atoms with Crippen LogP contribution < -0.4 is 4.90 Å². The molecule has 0 atom stereocenters. The zero-order chi connectivity index (χ0) is 68.6. The largest absolute Gasteiger partial charge is 0.310 e. The average molecular weight is 1290 g/mol. The second-order valence-electron chi connectivity index (χ2n) is 33.8. The first kappa shape index (κ1) is 67.2. The maximum Gasteiger partial charge on any atom is 0.0465 e. The fraction of sp³-hybridized carbons (Fsp3) is 0.381. The molecule has 4 aliphatic rings. The van der Waals surface area contributed by atoms with Crippen LogP contribution in [0.3, 0.4) is 0 Å². The van der Waals surface area contributed by atoms with E-state index in [-0.39, 0.29) is 21.7 Å². The summed E-state index contributed by atoms with van der Waals surface area (Å²) < 4.78 is 0. The van der Waals surface area contributed by atoms with Gasteiger partial charge >= 0.3 is 0 Å². The summed E-state index contributed by atoms with van der Waals surface area (Å²) in [6.45, 7) is 36.3. The number of anilines is 3. The van der Waals surface area contributed by atoms with E-state index in [0.717, 1.165) is 25.7 Å². The van der Waals surface area contributed by atoms with Crippen LogP contribution in [-0.4, -0.2) is 0 Å². The van der Waals surface area contributed by atoms with E-state index in [1.54, 1.807) is 11.1 Å². The van der Waals surface area contributed by atoms with Gasteiger partial charge in [0.25, 0.3) is 0 Å². The number of hydrogen-bond donors (Lipinski definition) is 0. The van der Waals surface area contributed by atoms with Gasteiger partial charge in [0, 0.05) is 38.7 Å². The molecule has 4 aliphatic carbocycles. The first-order valence-electron chi connectivity index (χ1n) is 38.1. The van der Waals surface area contributed by atoms with Gasteiger partial charge in [0.1, 0.15) is 0 Å². The molecule has 1 nitrogen and oxygen atoms in total. The lowest BCUT2D eigenvalue weighted by atomic mass is 9.68. The van der Waals surface area contributed by atoms with Crippen molar-refractivity contribution >= 4 is 17.1 Å². The standard InChI is InChI=1S/C97H109N/c1-62(2)42-48-95(49-43-63(3)4)88-54-68(13)26-34-80(88)81-37-29-71(57-89(81)95)69-27-35-78-79-36-28-70(56-87(79)94(14,15)86(78)55-69)72-30-38-82-83-39-31-73(59-91(83)96(90(82)58-72,50-44-64(5)6)51-45-65(7)8)74-32-40-84-85-41-33-77(98(75-22-18-16-19-23-75)76-24-20-17-21-25-76)61-93(85)97(92(84)60-74,52-46-66(9)10)53-47-67(11)12/h16-41,54-67H,42-53H2,1-15H3. The highest BCUT2D eigenvalue weighted by Crippen LogP contribution is 2.61. The van der Waals surface area contributed by atoms with E-state index < -0.39 is 0 Å². The Bertz CT molecular complexity index is 4500. The molecular weight excluding hydrogens is 1180 g/mol. The Kier molecular flexibility index (Phi) is 18.2. The molecule has 1 heteroatoms. The summed E-state index contributed by atoms with van der Waals surface area (Å²) in [4.78, 5) is 2.46. The van der Waals surface area contributed by atoms with Crippen LogP contribution in [0.4, 0.5) is 17.1 Å². The molecule has 0 bridgehead atoms. The summed E-state index contributed by atoms with van der Waals surface area (Å²) in [6.07, 6.45) is 14.0. The van der Waals surface area contributed by atoms with Crippen molar-refractivity contribution in [1.29, 1.82) is 0 Å². The number of hydrogen-bond acceptors (Lipinski definition) is 1. The van der Waals surface area contributed by atoms with Crippen molar-refractivity contribution < 1.29 is 0 Å². The number of rotatable bonds is 24. The second-order valence-corrected chi connectivity index (χ2v) is 33.8. The number of nitrogens with zero attached hydrogens (tertiary/aromatic N) is 1. The molecule has 502 valence electrons. The van der Waals surface area contributed by atoms with Crippen LogP contribution in [0.15, 0.2) is 206 Å². The van der Waals surface area contributed by atoms with Crippen LogP contribution in [-0.2, 0) is 21.7 Å². The van der Waals surface area contributed by atoms with E-state index >= 15 is 0 Å². The van der Waals surface area contributed by atoms with E-state index in [1.165, 1.54) is 185 Å². The molecule has 14 rings (SSSR count). The highest BCUT2D eigenvalue weighted by Gasteiger charge is 2.47. The van der Waals surface area contributed by atoms with Crippen LogP contribution in [0.2, 0.25) is 0 Å². The van der Waals surface area contributed by atoms with E-state index in [1.807, 2.05) is 0 Å². The normalized spacial score (nSPS) is 15.2. The van der Waals surface area contributed by atoms with Gasteiger partial charge in [-0.15, -0.1) is 0 Å². The van der Waals surface area contributed by atoms with E-state index in [0.29, 0.717) is 35.5 Å². The lowest BCUT2D eigenvalue weighted by Crippen LogP contribution is -2.27. The van der Waals surface area contributed by atoms with Crippen LogP contribution in [0.5, 0.6) is 0 Å². The number of fused-ring (bicyclic) bond motifs is 12. The van der Waals surface area contributed by atoms with Gasteiger partial charge in [0.05, 0.1) is 0 Å². The highest BCUT2D eigenvalue weighted by molar-refractivity contribution is 5.92. The van der Waals surface area contributed by atoms with E-state index in [4.69, 9.17) is 0 Å². The lowest BCUT2D eigenvalue weighted by molar-refractivity contribution is 0.364. The zero-order valence-corrected chi connectivity index (χ0v) is 62.0. The van der Waals surface area contributed by atoms with Gasteiger partial charge < -0.3 is 4.90 Å². The molecule has 0 fully saturated rings. The molecule has 0 heterocycles. The monoisotopic (exact) mass is 1290 g/mol. The van der Waals surface area contributed by atoms with Crippen LogP contribution >= 0.6 is 0 Å². The Labute approximate surface area is 590 Å². The SMILES string of the molecule is Cc1ccc2c(c1)C(CCC(C)C)(CCC(C)C)c1cc(-c3ccc4c(c3)C(C)(C)c3cc(-c5ccc6c(c5)C(CCC(C)C)(CCC(C)C)c5cc(-c7ccc8c(c7)C(CCC(C)C)(CCC(C)C)c7cc(N(c9ccccc9)c9ccccc9)ccc7-8)ccc5-6)ccc3-4)ccc1-2. The molecule has 0 amide bonds. The maximum atomic E-state index is 2.68. The highest BCUT2D eigenvalue weighted by atomic mass is 15.1. The quantitative estimate of drug-likeness (QED) is 0.0583. The van der Waals surface area contributed by atoms with E-state index in [2.05, 4.69) is 315 Å². The molecule has 0 aliphatic heterocycles. The smallest absolute Gasteiger partial charge is 0.0465 e. The summed E-state index contributed by atoms with van der Waals surface area (Å²) in [5, 5.41) is 0. The molecule has 10 aromatic carbocycles. The number of aryl methyl sites for hydroxylation is 1. The van der Waals surface area contributed by atoms with Crippen molar-refractivity contribution in [1.82, 2.24) is 0 Å². The Balaban J connectivity index is 0.829. The van der Waals surface area contributed by atoms with Crippen LogP contribution in [0, 0.1) is 42.4 Å². The Morgan fingerprint density at radius 1 is 0.245 bits per heavy atom. The summed E-state index contributed by atoms with van der Waals surface area (Å²) >= 11 is 0. The minimum Gasteiger partial charge on any atom is -0.310 e. The summed E-state index contributed by atoms with van der Waals surface area (Å²) in [5.74, 6) is 3.65. The fourth-order valence-corrected chi connectivity index (χ4v) is 18.3.